The predicted molar refractivity (Wildman–Crippen MR) is 112 cm³/mol. The number of phenolic OH excluding ortho intramolecular Hbond substituents is 1. The number of methoxy groups -OCH3 is 1. The van der Waals surface area contributed by atoms with Gasteiger partial charge in [0.15, 0.2) is 23.1 Å². The SMILES string of the molecule is COc1cccc(CN=Nc2cc(-n3nc(C)cc3-c3ccccc3)ncn2)c1O. The zero-order valence-electron chi connectivity index (χ0n) is 16.6. The van der Waals surface area contributed by atoms with Crippen LogP contribution < -0.4 is 4.74 Å². The van der Waals surface area contributed by atoms with Crippen molar-refractivity contribution >= 4 is 5.82 Å². The van der Waals surface area contributed by atoms with Crippen LogP contribution >= 0.6 is 0 Å². The second-order valence-electron chi connectivity index (χ2n) is 6.55. The maximum atomic E-state index is 10.2. The fourth-order valence-corrected chi connectivity index (χ4v) is 3.04. The van der Waals surface area contributed by atoms with Gasteiger partial charge < -0.3 is 9.84 Å². The minimum Gasteiger partial charge on any atom is -0.504 e. The molecule has 0 spiro atoms. The first kappa shape index (κ1) is 19.3. The average molecular weight is 400 g/mol. The number of hydrogen-bond donors (Lipinski definition) is 1. The van der Waals surface area contributed by atoms with Crippen LogP contribution in [0, 0.1) is 6.92 Å². The number of phenols is 1. The van der Waals surface area contributed by atoms with E-state index in [9.17, 15) is 5.11 Å². The molecule has 0 aliphatic heterocycles. The van der Waals surface area contributed by atoms with Gasteiger partial charge in [-0.2, -0.15) is 10.2 Å². The van der Waals surface area contributed by atoms with E-state index in [1.807, 2.05) is 43.3 Å². The van der Waals surface area contributed by atoms with Crippen LogP contribution in [0.3, 0.4) is 0 Å². The predicted octanol–water partition coefficient (Wildman–Crippen LogP) is 4.64. The minimum atomic E-state index is 0.0573. The van der Waals surface area contributed by atoms with Crippen LogP contribution in [0.4, 0.5) is 5.82 Å². The lowest BCUT2D eigenvalue weighted by molar-refractivity contribution is 0.370. The smallest absolute Gasteiger partial charge is 0.179 e. The summed E-state index contributed by atoms with van der Waals surface area (Å²) in [5, 5.41) is 23.1. The van der Waals surface area contributed by atoms with Crippen molar-refractivity contribution in [2.75, 3.05) is 7.11 Å². The summed E-state index contributed by atoms with van der Waals surface area (Å²) in [5.74, 6) is 1.45. The molecule has 0 fully saturated rings. The van der Waals surface area contributed by atoms with Gasteiger partial charge in [0.1, 0.15) is 6.33 Å². The van der Waals surface area contributed by atoms with E-state index in [2.05, 4.69) is 25.3 Å². The lowest BCUT2D eigenvalue weighted by Gasteiger charge is -2.07. The van der Waals surface area contributed by atoms with E-state index >= 15 is 0 Å². The Bertz CT molecular complexity index is 1190. The van der Waals surface area contributed by atoms with Gasteiger partial charge in [-0.1, -0.05) is 42.5 Å². The standard InChI is InChI=1S/C22H20N6O2/c1-15-11-18(16-7-4-3-5-8-16)28(27-15)21-12-20(23-14-24-21)26-25-13-17-9-6-10-19(30-2)22(17)29/h3-12,14,29H,13H2,1-2H3. The molecule has 2 aromatic heterocycles. The van der Waals surface area contributed by atoms with E-state index in [-0.39, 0.29) is 12.3 Å². The Hall–Kier alpha value is -4.07. The van der Waals surface area contributed by atoms with Gasteiger partial charge in [0.25, 0.3) is 0 Å². The Morgan fingerprint density at radius 1 is 1.03 bits per heavy atom. The third-order valence-corrected chi connectivity index (χ3v) is 4.47. The highest BCUT2D eigenvalue weighted by molar-refractivity contribution is 5.62. The Morgan fingerprint density at radius 3 is 2.67 bits per heavy atom. The van der Waals surface area contributed by atoms with Crippen molar-refractivity contribution in [3.63, 3.8) is 0 Å². The maximum absolute atomic E-state index is 10.2. The molecule has 0 aliphatic carbocycles. The number of hydrogen-bond acceptors (Lipinski definition) is 7. The molecule has 0 amide bonds. The summed E-state index contributed by atoms with van der Waals surface area (Å²) in [5.41, 5.74) is 3.45. The van der Waals surface area contributed by atoms with Gasteiger partial charge in [0.05, 0.1) is 25.0 Å². The number of rotatable bonds is 6. The quantitative estimate of drug-likeness (QED) is 0.476. The third kappa shape index (κ3) is 4.02. The van der Waals surface area contributed by atoms with Gasteiger partial charge in [-0.25, -0.2) is 14.6 Å². The molecule has 150 valence electrons. The number of aryl methyl sites for hydroxylation is 1. The molecule has 0 aliphatic rings. The molecule has 4 aromatic rings. The maximum Gasteiger partial charge on any atom is 0.179 e. The van der Waals surface area contributed by atoms with Crippen LogP contribution in [0.15, 0.2) is 77.2 Å². The van der Waals surface area contributed by atoms with Crippen molar-refractivity contribution in [2.45, 2.75) is 13.5 Å². The van der Waals surface area contributed by atoms with E-state index in [0.717, 1.165) is 17.0 Å². The summed E-state index contributed by atoms with van der Waals surface area (Å²) < 4.78 is 6.88. The lowest BCUT2D eigenvalue weighted by Crippen LogP contribution is -2.02. The number of nitrogens with zero attached hydrogens (tertiary/aromatic N) is 6. The highest BCUT2D eigenvalue weighted by Gasteiger charge is 2.12. The van der Waals surface area contributed by atoms with Crippen LogP contribution in [0.25, 0.3) is 17.1 Å². The molecule has 0 saturated heterocycles. The van der Waals surface area contributed by atoms with Crippen molar-refractivity contribution in [1.29, 1.82) is 0 Å². The largest absolute Gasteiger partial charge is 0.504 e. The number of aromatic hydroxyl groups is 1. The fourth-order valence-electron chi connectivity index (χ4n) is 3.04. The Morgan fingerprint density at radius 2 is 1.87 bits per heavy atom. The summed E-state index contributed by atoms with van der Waals surface area (Å²) in [7, 11) is 1.50. The Balaban J connectivity index is 1.59. The number of aromatic nitrogens is 4. The minimum absolute atomic E-state index is 0.0573. The van der Waals surface area contributed by atoms with E-state index < -0.39 is 0 Å². The molecule has 8 heteroatoms. The second-order valence-corrected chi connectivity index (χ2v) is 6.55. The fraction of sp³-hybridized carbons (Fsp3) is 0.136. The van der Waals surface area contributed by atoms with Gasteiger partial charge in [-0.3, -0.25) is 0 Å². The van der Waals surface area contributed by atoms with Crippen molar-refractivity contribution in [3.8, 4) is 28.6 Å². The number of para-hydroxylation sites is 1. The summed E-state index contributed by atoms with van der Waals surface area (Å²) in [6, 6.07) is 18.9. The van der Waals surface area contributed by atoms with Crippen molar-refractivity contribution in [2.24, 2.45) is 10.2 Å². The van der Waals surface area contributed by atoms with E-state index in [0.29, 0.717) is 22.9 Å². The van der Waals surface area contributed by atoms with Crippen LogP contribution in [-0.4, -0.2) is 32.0 Å². The Kier molecular flexibility index (Phi) is 5.47. The van der Waals surface area contributed by atoms with Crippen LogP contribution in [0.5, 0.6) is 11.5 Å². The topological polar surface area (TPSA) is 97.8 Å². The molecule has 4 rings (SSSR count). The van der Waals surface area contributed by atoms with Gasteiger partial charge in [0, 0.05) is 17.2 Å². The Labute approximate surface area is 173 Å². The number of ether oxygens (including phenoxy) is 1. The zero-order valence-corrected chi connectivity index (χ0v) is 16.6. The second kappa shape index (κ2) is 8.52. The molecule has 30 heavy (non-hydrogen) atoms. The lowest BCUT2D eigenvalue weighted by atomic mass is 10.1. The first-order valence-electron chi connectivity index (χ1n) is 9.32. The van der Waals surface area contributed by atoms with E-state index in [1.165, 1.54) is 13.4 Å². The third-order valence-electron chi connectivity index (χ3n) is 4.47. The molecule has 0 atom stereocenters. The zero-order chi connectivity index (χ0) is 20.9. The molecule has 0 bridgehead atoms. The molecule has 0 radical (unpaired) electrons. The highest BCUT2D eigenvalue weighted by Crippen LogP contribution is 2.30. The first-order valence-corrected chi connectivity index (χ1v) is 9.32. The van der Waals surface area contributed by atoms with Crippen molar-refractivity contribution in [1.82, 2.24) is 19.7 Å². The summed E-state index contributed by atoms with van der Waals surface area (Å²) in [6.45, 7) is 2.13. The van der Waals surface area contributed by atoms with Gasteiger partial charge in [0.2, 0.25) is 0 Å². The monoisotopic (exact) mass is 400 g/mol. The first-order chi connectivity index (χ1) is 14.7. The van der Waals surface area contributed by atoms with Gasteiger partial charge in [-0.15, -0.1) is 5.11 Å². The summed E-state index contributed by atoms with van der Waals surface area (Å²) >= 11 is 0. The summed E-state index contributed by atoms with van der Waals surface area (Å²) in [6.07, 6.45) is 1.43. The molecule has 2 aromatic carbocycles. The van der Waals surface area contributed by atoms with Crippen LogP contribution in [-0.2, 0) is 6.54 Å². The van der Waals surface area contributed by atoms with Gasteiger partial charge in [-0.05, 0) is 19.1 Å². The molecule has 0 unspecified atom stereocenters. The molecule has 0 saturated carbocycles. The van der Waals surface area contributed by atoms with Crippen LogP contribution in [0.1, 0.15) is 11.3 Å². The van der Waals surface area contributed by atoms with Gasteiger partial charge >= 0.3 is 0 Å². The van der Waals surface area contributed by atoms with Crippen molar-refractivity contribution < 1.29 is 9.84 Å². The molecular weight excluding hydrogens is 380 g/mol. The van der Waals surface area contributed by atoms with Crippen LogP contribution in [0.2, 0.25) is 0 Å². The number of benzene rings is 2. The van der Waals surface area contributed by atoms with E-state index in [4.69, 9.17) is 4.74 Å². The highest BCUT2D eigenvalue weighted by atomic mass is 16.5. The van der Waals surface area contributed by atoms with Crippen molar-refractivity contribution in [3.05, 3.63) is 78.2 Å². The number of azo groups is 1. The summed E-state index contributed by atoms with van der Waals surface area (Å²) in [4.78, 5) is 8.50. The normalized spacial score (nSPS) is 11.1. The molecule has 2 heterocycles. The molecule has 8 nitrogen and oxygen atoms in total. The van der Waals surface area contributed by atoms with E-state index in [1.54, 1.807) is 28.9 Å². The molecular formula is C22H20N6O2. The molecule has 1 N–H and O–H groups in total. The average Bonchev–Trinajstić information content (AvgIpc) is 3.17.